The quantitative estimate of drug-likeness (QED) is 0.812. The molecule has 20 heavy (non-hydrogen) atoms. The first-order valence-electron chi connectivity index (χ1n) is 7.20. The van der Waals surface area contributed by atoms with Gasteiger partial charge < -0.3 is 5.32 Å². The number of nitrogens with one attached hydrogen (secondary N) is 1. The number of hydrogen-bond donors (Lipinski definition) is 1. The Morgan fingerprint density at radius 2 is 2.20 bits per heavy atom. The van der Waals surface area contributed by atoms with Crippen molar-refractivity contribution in [3.63, 3.8) is 0 Å². The summed E-state index contributed by atoms with van der Waals surface area (Å²) < 4.78 is 1.86. The molecule has 0 bridgehead atoms. The lowest BCUT2D eigenvalue weighted by atomic mass is 10.2. The maximum atomic E-state index is 4.60. The van der Waals surface area contributed by atoms with E-state index in [9.17, 15) is 0 Å². The number of thiazole rings is 1. The van der Waals surface area contributed by atoms with E-state index < -0.39 is 0 Å². The summed E-state index contributed by atoms with van der Waals surface area (Å²) in [6, 6.07) is 0. The predicted molar refractivity (Wildman–Crippen MR) is 81.8 cm³/mol. The van der Waals surface area contributed by atoms with E-state index in [2.05, 4.69) is 46.8 Å². The molecule has 0 spiro atoms. The smallest absolute Gasteiger partial charge is 0.0964 e. The first kappa shape index (κ1) is 15.1. The Hall–Kier alpha value is -1.27. The topological polar surface area (TPSA) is 55.6 Å². The average Bonchev–Trinajstić information content (AvgIpc) is 3.00. The molecule has 0 atom stereocenters. The molecule has 0 radical (unpaired) electrons. The van der Waals surface area contributed by atoms with Crippen molar-refractivity contribution in [2.75, 3.05) is 6.54 Å². The van der Waals surface area contributed by atoms with Gasteiger partial charge in [-0.3, -0.25) is 0 Å². The summed E-state index contributed by atoms with van der Waals surface area (Å²) in [5, 5.41) is 15.0. The summed E-state index contributed by atoms with van der Waals surface area (Å²) in [6.45, 7) is 9.04. The minimum Gasteiger partial charge on any atom is -0.311 e. The van der Waals surface area contributed by atoms with Crippen molar-refractivity contribution in [1.82, 2.24) is 25.3 Å². The lowest BCUT2D eigenvalue weighted by Crippen LogP contribution is -2.19. The largest absolute Gasteiger partial charge is 0.311 e. The Kier molecular flexibility index (Phi) is 5.67. The third-order valence-corrected chi connectivity index (χ3v) is 3.79. The van der Waals surface area contributed by atoms with Gasteiger partial charge in [-0.05, 0) is 25.3 Å². The number of hydrogen-bond acceptors (Lipinski definition) is 5. The van der Waals surface area contributed by atoms with Gasteiger partial charge in [0.15, 0.2) is 0 Å². The molecule has 0 aromatic carbocycles. The summed E-state index contributed by atoms with van der Waals surface area (Å²) in [5.74, 6) is 0.650. The van der Waals surface area contributed by atoms with Gasteiger partial charge in [0.2, 0.25) is 0 Å². The van der Waals surface area contributed by atoms with Crippen LogP contribution in [0.3, 0.4) is 0 Å². The number of rotatable bonds is 8. The molecule has 0 aliphatic carbocycles. The van der Waals surface area contributed by atoms with E-state index in [0.29, 0.717) is 12.5 Å². The van der Waals surface area contributed by atoms with Gasteiger partial charge >= 0.3 is 0 Å². The van der Waals surface area contributed by atoms with Crippen LogP contribution >= 0.6 is 11.3 Å². The van der Waals surface area contributed by atoms with Gasteiger partial charge in [-0.1, -0.05) is 26.0 Å². The van der Waals surface area contributed by atoms with E-state index in [0.717, 1.165) is 37.3 Å². The van der Waals surface area contributed by atoms with E-state index in [4.69, 9.17) is 0 Å². The van der Waals surface area contributed by atoms with Crippen molar-refractivity contribution in [1.29, 1.82) is 0 Å². The zero-order valence-electron chi connectivity index (χ0n) is 12.5. The molecule has 0 aliphatic rings. The standard InChI is InChI=1S/C14H23N5S/c1-4-5-14-16-13(10-20-14)9-19-8-12(17-18-19)7-15-6-11(2)3/h8,10-11,15H,4-7,9H2,1-3H3. The van der Waals surface area contributed by atoms with Crippen molar-refractivity contribution in [3.8, 4) is 0 Å². The van der Waals surface area contributed by atoms with Gasteiger partial charge in [0.25, 0.3) is 0 Å². The van der Waals surface area contributed by atoms with Crippen LogP contribution < -0.4 is 5.32 Å². The molecule has 0 amide bonds. The highest BCUT2D eigenvalue weighted by molar-refractivity contribution is 7.09. The lowest BCUT2D eigenvalue weighted by molar-refractivity contribution is 0.548. The van der Waals surface area contributed by atoms with Crippen LogP contribution in [0.4, 0.5) is 0 Å². The predicted octanol–water partition coefficient (Wildman–Crippen LogP) is 2.48. The molecule has 0 saturated carbocycles. The van der Waals surface area contributed by atoms with Crippen molar-refractivity contribution in [2.45, 2.75) is 46.7 Å². The Balaban J connectivity index is 1.85. The summed E-state index contributed by atoms with van der Waals surface area (Å²) in [7, 11) is 0. The molecule has 2 aromatic heterocycles. The highest BCUT2D eigenvalue weighted by Crippen LogP contribution is 2.12. The molecule has 0 saturated heterocycles. The van der Waals surface area contributed by atoms with Gasteiger partial charge in [-0.2, -0.15) is 0 Å². The van der Waals surface area contributed by atoms with Gasteiger partial charge in [0.1, 0.15) is 0 Å². The molecule has 0 fully saturated rings. The van der Waals surface area contributed by atoms with Gasteiger partial charge in [-0.25, -0.2) is 9.67 Å². The van der Waals surface area contributed by atoms with E-state index in [-0.39, 0.29) is 0 Å². The molecule has 2 rings (SSSR count). The maximum Gasteiger partial charge on any atom is 0.0964 e. The number of aromatic nitrogens is 4. The Morgan fingerprint density at radius 1 is 1.35 bits per heavy atom. The SMILES string of the molecule is CCCc1nc(Cn2cc(CNCC(C)C)nn2)cs1. The first-order chi connectivity index (χ1) is 9.67. The highest BCUT2D eigenvalue weighted by atomic mass is 32.1. The summed E-state index contributed by atoms with van der Waals surface area (Å²) in [6.07, 6.45) is 4.19. The van der Waals surface area contributed by atoms with Crippen molar-refractivity contribution >= 4 is 11.3 Å². The highest BCUT2D eigenvalue weighted by Gasteiger charge is 2.05. The molecule has 1 N–H and O–H groups in total. The second-order valence-corrected chi connectivity index (χ2v) is 6.36. The van der Waals surface area contributed by atoms with Crippen molar-refractivity contribution in [3.05, 3.63) is 28.0 Å². The van der Waals surface area contributed by atoms with E-state index in [1.54, 1.807) is 11.3 Å². The molecule has 110 valence electrons. The molecule has 2 aromatic rings. The molecule has 2 heterocycles. The van der Waals surface area contributed by atoms with Crippen LogP contribution in [0.5, 0.6) is 0 Å². The van der Waals surface area contributed by atoms with Crippen molar-refractivity contribution in [2.24, 2.45) is 5.92 Å². The van der Waals surface area contributed by atoms with Crippen LogP contribution in [0.15, 0.2) is 11.6 Å². The Morgan fingerprint density at radius 3 is 2.95 bits per heavy atom. The number of nitrogens with zero attached hydrogens (tertiary/aromatic N) is 4. The minimum absolute atomic E-state index is 0.650. The third-order valence-electron chi connectivity index (χ3n) is 2.83. The number of aryl methyl sites for hydroxylation is 1. The fourth-order valence-corrected chi connectivity index (χ4v) is 2.79. The molecule has 5 nitrogen and oxygen atoms in total. The Bertz CT molecular complexity index is 517. The van der Waals surface area contributed by atoms with E-state index in [1.807, 2.05) is 10.9 Å². The molecular weight excluding hydrogens is 270 g/mol. The van der Waals surface area contributed by atoms with Gasteiger partial charge in [-0.15, -0.1) is 16.4 Å². The zero-order valence-corrected chi connectivity index (χ0v) is 13.3. The molecular formula is C14H23N5S. The van der Waals surface area contributed by atoms with E-state index >= 15 is 0 Å². The average molecular weight is 293 g/mol. The monoisotopic (exact) mass is 293 g/mol. The summed E-state index contributed by atoms with van der Waals surface area (Å²) in [5.41, 5.74) is 2.06. The fraction of sp³-hybridized carbons (Fsp3) is 0.643. The maximum absolute atomic E-state index is 4.60. The fourth-order valence-electron chi connectivity index (χ4n) is 1.90. The first-order valence-corrected chi connectivity index (χ1v) is 8.08. The van der Waals surface area contributed by atoms with Crippen LogP contribution in [0, 0.1) is 5.92 Å². The second kappa shape index (κ2) is 7.50. The third kappa shape index (κ3) is 4.68. The Labute approximate surface area is 124 Å². The zero-order chi connectivity index (χ0) is 14.4. The summed E-state index contributed by atoms with van der Waals surface area (Å²) in [4.78, 5) is 4.60. The second-order valence-electron chi connectivity index (χ2n) is 5.41. The lowest BCUT2D eigenvalue weighted by Gasteiger charge is -2.04. The van der Waals surface area contributed by atoms with Crippen LogP contribution in [-0.4, -0.2) is 26.5 Å². The van der Waals surface area contributed by atoms with Crippen LogP contribution in [-0.2, 0) is 19.5 Å². The van der Waals surface area contributed by atoms with Gasteiger partial charge in [0, 0.05) is 11.9 Å². The van der Waals surface area contributed by atoms with Gasteiger partial charge in [0.05, 0.1) is 29.1 Å². The van der Waals surface area contributed by atoms with Crippen LogP contribution in [0.2, 0.25) is 0 Å². The summed E-state index contributed by atoms with van der Waals surface area (Å²) >= 11 is 1.73. The minimum atomic E-state index is 0.650. The normalized spacial score (nSPS) is 11.4. The van der Waals surface area contributed by atoms with Crippen LogP contribution in [0.1, 0.15) is 43.6 Å². The van der Waals surface area contributed by atoms with Crippen molar-refractivity contribution < 1.29 is 0 Å². The van der Waals surface area contributed by atoms with E-state index in [1.165, 1.54) is 5.01 Å². The molecule has 0 unspecified atom stereocenters. The molecule has 0 aliphatic heterocycles. The van der Waals surface area contributed by atoms with Crippen LogP contribution in [0.25, 0.3) is 0 Å². The molecule has 6 heteroatoms.